The molecule has 5 rings (SSSR count). The van der Waals surface area contributed by atoms with Crippen molar-refractivity contribution in [3.63, 3.8) is 0 Å². The second-order valence-corrected chi connectivity index (χ2v) is 13.0. The van der Waals surface area contributed by atoms with Crippen LogP contribution in [-0.2, 0) is 19.7 Å². The first-order valence-corrected chi connectivity index (χ1v) is 12.1. The number of halogens is 4. The van der Waals surface area contributed by atoms with Gasteiger partial charge in [-0.1, -0.05) is 24.3 Å². The van der Waals surface area contributed by atoms with E-state index in [0.717, 1.165) is 6.08 Å². The van der Waals surface area contributed by atoms with Gasteiger partial charge in [0.1, 0.15) is 5.67 Å². The summed E-state index contributed by atoms with van der Waals surface area (Å²) in [5.41, 5.74) is -7.92. The number of hydrogen-bond donors (Lipinski definition) is 0. The molecule has 0 heterocycles. The summed E-state index contributed by atoms with van der Waals surface area (Å²) in [7, 11) is -11.1. The maximum atomic E-state index is 15.2. The summed E-state index contributed by atoms with van der Waals surface area (Å²) in [6, 6.07) is 0. The van der Waals surface area contributed by atoms with Crippen LogP contribution >= 0.6 is 0 Å². The van der Waals surface area contributed by atoms with Gasteiger partial charge in [-0.15, -0.1) is 0 Å². The molecule has 0 aliphatic heterocycles. The summed E-state index contributed by atoms with van der Waals surface area (Å²) >= 11 is 0. The Kier molecular flexibility index (Phi) is 4.26. The van der Waals surface area contributed by atoms with E-state index < -0.39 is 51.8 Å². The van der Waals surface area contributed by atoms with Crippen LogP contribution < -0.4 is 0 Å². The summed E-state index contributed by atoms with van der Waals surface area (Å²) in [6.07, 6.45) is 5.67. The largest absolute Gasteiger partial charge is 0.502 e. The van der Waals surface area contributed by atoms with Crippen molar-refractivity contribution in [1.29, 1.82) is 0 Å². The zero-order chi connectivity index (χ0) is 20.6. The van der Waals surface area contributed by atoms with Crippen molar-refractivity contribution in [2.24, 2.45) is 11.8 Å². The minimum absolute atomic E-state index is 0.0151. The molecule has 0 spiro atoms. The molecule has 5 aliphatic rings. The van der Waals surface area contributed by atoms with Crippen LogP contribution in [0.25, 0.3) is 0 Å². The van der Waals surface area contributed by atoms with E-state index in [1.54, 1.807) is 0 Å². The van der Waals surface area contributed by atoms with Crippen molar-refractivity contribution in [2.75, 3.05) is 0 Å². The SMILES string of the molecule is O=S(=O)(C(=C1C=CC=CC1)S(=O)(=O)C12CC3CC(CC(F)(C3)C1)C2)C(F)(F)F. The van der Waals surface area contributed by atoms with Crippen molar-refractivity contribution in [2.45, 2.75) is 60.9 Å². The Morgan fingerprint density at radius 3 is 2.07 bits per heavy atom. The molecule has 0 radical (unpaired) electrons. The predicted molar refractivity (Wildman–Crippen MR) is 95.1 cm³/mol. The van der Waals surface area contributed by atoms with E-state index >= 15 is 4.39 Å². The van der Waals surface area contributed by atoms with E-state index in [0.29, 0.717) is 6.42 Å². The summed E-state index contributed by atoms with van der Waals surface area (Å²) in [4.78, 5) is 0. The molecule has 156 valence electrons. The smallest absolute Gasteiger partial charge is 0.244 e. The molecule has 0 saturated heterocycles. The fraction of sp³-hybridized carbons (Fsp3) is 0.667. The maximum absolute atomic E-state index is 15.2. The summed E-state index contributed by atoms with van der Waals surface area (Å²) in [6.45, 7) is 0. The Hall–Kier alpha value is -1.16. The zero-order valence-electron chi connectivity index (χ0n) is 14.9. The van der Waals surface area contributed by atoms with E-state index in [2.05, 4.69) is 0 Å². The predicted octanol–water partition coefficient (Wildman–Crippen LogP) is 4.12. The molecule has 4 nitrogen and oxygen atoms in total. The highest BCUT2D eigenvalue weighted by atomic mass is 32.3. The van der Waals surface area contributed by atoms with Crippen molar-refractivity contribution in [3.05, 3.63) is 34.1 Å². The molecule has 2 unspecified atom stereocenters. The van der Waals surface area contributed by atoms with Gasteiger partial charge in [-0.2, -0.15) is 13.2 Å². The third-order valence-corrected chi connectivity index (χ3v) is 11.5. The van der Waals surface area contributed by atoms with Crippen molar-refractivity contribution < 1.29 is 34.4 Å². The second-order valence-electron chi connectivity index (χ2n) is 8.55. The van der Waals surface area contributed by atoms with Crippen LogP contribution in [0.1, 0.15) is 44.9 Å². The second kappa shape index (κ2) is 5.93. The first-order chi connectivity index (χ1) is 12.8. The van der Waals surface area contributed by atoms with E-state index in [-0.39, 0.29) is 43.9 Å². The third-order valence-electron chi connectivity index (χ3n) is 6.44. The molecule has 0 N–H and O–H groups in total. The molecule has 4 fully saturated rings. The molecule has 0 aromatic heterocycles. The molecule has 4 bridgehead atoms. The summed E-state index contributed by atoms with van der Waals surface area (Å²) in [5.74, 6) is -0.495. The maximum Gasteiger partial charge on any atom is 0.502 e. The number of alkyl halides is 4. The highest BCUT2D eigenvalue weighted by Gasteiger charge is 2.66. The Morgan fingerprint density at radius 1 is 1.00 bits per heavy atom. The lowest BCUT2D eigenvalue weighted by Crippen LogP contribution is -2.61. The van der Waals surface area contributed by atoms with E-state index in [1.807, 2.05) is 0 Å². The van der Waals surface area contributed by atoms with Crippen LogP contribution in [0.15, 0.2) is 34.1 Å². The molecule has 28 heavy (non-hydrogen) atoms. The Bertz CT molecular complexity index is 989. The molecule has 0 aromatic rings. The fourth-order valence-corrected chi connectivity index (χ4v) is 10.8. The third kappa shape index (κ3) is 2.81. The van der Waals surface area contributed by atoms with Gasteiger partial charge >= 0.3 is 5.51 Å². The van der Waals surface area contributed by atoms with Gasteiger partial charge in [-0.3, -0.25) is 0 Å². The van der Waals surface area contributed by atoms with Crippen LogP contribution in [0.3, 0.4) is 0 Å². The average Bonchev–Trinajstić information content (AvgIpc) is 2.51. The van der Waals surface area contributed by atoms with Crippen LogP contribution in [-0.4, -0.2) is 32.8 Å². The number of rotatable bonds is 3. The van der Waals surface area contributed by atoms with Gasteiger partial charge in [-0.05, 0) is 55.9 Å². The summed E-state index contributed by atoms with van der Waals surface area (Å²) < 4.78 is 104. The lowest BCUT2D eigenvalue weighted by atomic mass is 9.54. The lowest BCUT2D eigenvalue weighted by Gasteiger charge is -2.58. The Balaban J connectivity index is 1.93. The van der Waals surface area contributed by atoms with Gasteiger partial charge in [0.15, 0.2) is 14.1 Å². The molecule has 0 amide bonds. The van der Waals surface area contributed by atoms with Crippen molar-refractivity contribution >= 4 is 19.7 Å². The minimum Gasteiger partial charge on any atom is -0.244 e. The van der Waals surface area contributed by atoms with E-state index in [4.69, 9.17) is 0 Å². The van der Waals surface area contributed by atoms with Gasteiger partial charge < -0.3 is 0 Å². The van der Waals surface area contributed by atoms with Gasteiger partial charge in [0.05, 0.1) is 4.75 Å². The van der Waals surface area contributed by atoms with Gasteiger partial charge in [-0.25, -0.2) is 21.2 Å². The molecule has 4 saturated carbocycles. The molecule has 0 aromatic carbocycles. The number of allylic oxidation sites excluding steroid dienone is 5. The molecular formula is C18H20F4O4S2. The van der Waals surface area contributed by atoms with Crippen LogP contribution in [0.5, 0.6) is 0 Å². The van der Waals surface area contributed by atoms with E-state index in [9.17, 15) is 30.0 Å². The topological polar surface area (TPSA) is 68.3 Å². The van der Waals surface area contributed by atoms with Gasteiger partial charge in [0.25, 0.3) is 9.84 Å². The Morgan fingerprint density at radius 2 is 1.61 bits per heavy atom. The molecule has 2 atom stereocenters. The minimum atomic E-state index is -6.13. The van der Waals surface area contributed by atoms with Crippen LogP contribution in [0.2, 0.25) is 0 Å². The zero-order valence-corrected chi connectivity index (χ0v) is 16.5. The number of hydrogen-bond acceptors (Lipinski definition) is 4. The Labute approximate surface area is 161 Å². The highest BCUT2D eigenvalue weighted by Crippen LogP contribution is 2.63. The fourth-order valence-electron chi connectivity index (χ4n) is 5.84. The van der Waals surface area contributed by atoms with Crippen LogP contribution in [0, 0.1) is 11.8 Å². The monoisotopic (exact) mass is 440 g/mol. The van der Waals surface area contributed by atoms with Crippen molar-refractivity contribution in [3.8, 4) is 0 Å². The lowest BCUT2D eigenvalue weighted by molar-refractivity contribution is -0.0620. The van der Waals surface area contributed by atoms with Crippen molar-refractivity contribution in [1.82, 2.24) is 0 Å². The van der Waals surface area contributed by atoms with Gasteiger partial charge in [0, 0.05) is 6.42 Å². The first kappa shape index (κ1) is 20.1. The first-order valence-electron chi connectivity index (χ1n) is 9.11. The quantitative estimate of drug-likeness (QED) is 0.619. The molecule has 5 aliphatic carbocycles. The normalized spacial score (nSPS) is 39.4. The van der Waals surface area contributed by atoms with Crippen LogP contribution in [0.4, 0.5) is 17.6 Å². The van der Waals surface area contributed by atoms with E-state index in [1.165, 1.54) is 18.2 Å². The van der Waals surface area contributed by atoms with Gasteiger partial charge in [0.2, 0.25) is 0 Å². The standard InChI is InChI=1S/C18H20F4O4S2/c19-16-7-12-6-13(8-16)10-17(9-12,11-16)27(23,24)15(14-4-2-1-3-5-14)28(25,26)18(20,21)22/h1-4,12-13H,5-11H2. The highest BCUT2D eigenvalue weighted by molar-refractivity contribution is 8.15. The average molecular weight is 440 g/mol. The molecule has 10 heteroatoms. The summed E-state index contributed by atoms with van der Waals surface area (Å²) in [5, 5.41) is 0. The number of sulfone groups is 2. The molecular weight excluding hydrogens is 420 g/mol.